The SMILES string of the molecule is COc1cc(C=CC(=O)OCC(=O)c2ccc(S(=O)(=O)N3CCCCC3)cc2)cc(OC)c1OC. The van der Waals surface area contributed by atoms with E-state index in [1.807, 2.05) is 0 Å². The van der Waals surface area contributed by atoms with Crippen molar-refractivity contribution in [2.24, 2.45) is 0 Å². The van der Waals surface area contributed by atoms with Gasteiger partial charge in [-0.05, 0) is 60.9 Å². The number of piperidine rings is 1. The third-order valence-electron chi connectivity index (χ3n) is 5.57. The third-order valence-corrected chi connectivity index (χ3v) is 7.49. The lowest BCUT2D eigenvalue weighted by Gasteiger charge is -2.25. The van der Waals surface area contributed by atoms with E-state index in [-0.39, 0.29) is 10.5 Å². The number of hydrogen-bond acceptors (Lipinski definition) is 8. The van der Waals surface area contributed by atoms with Crippen LogP contribution in [0.25, 0.3) is 6.08 Å². The second-order valence-corrected chi connectivity index (χ2v) is 9.75. The molecule has 1 fully saturated rings. The van der Waals surface area contributed by atoms with Crippen LogP contribution in [0.15, 0.2) is 47.4 Å². The molecule has 2 aromatic rings. The molecule has 1 saturated heterocycles. The van der Waals surface area contributed by atoms with E-state index in [4.69, 9.17) is 18.9 Å². The normalized spacial score (nSPS) is 14.5. The van der Waals surface area contributed by atoms with Crippen LogP contribution in [0.3, 0.4) is 0 Å². The first-order valence-electron chi connectivity index (χ1n) is 11.1. The van der Waals surface area contributed by atoms with Gasteiger partial charge in [0.15, 0.2) is 23.9 Å². The molecular formula is C25H29NO8S. The number of benzene rings is 2. The Morgan fingerprint density at radius 2 is 1.51 bits per heavy atom. The Hall–Kier alpha value is -3.37. The van der Waals surface area contributed by atoms with E-state index < -0.39 is 28.4 Å². The van der Waals surface area contributed by atoms with Crippen LogP contribution < -0.4 is 14.2 Å². The lowest BCUT2D eigenvalue weighted by atomic mass is 10.1. The van der Waals surface area contributed by atoms with Gasteiger partial charge in [0.1, 0.15) is 0 Å². The molecule has 0 N–H and O–H groups in total. The molecule has 0 atom stereocenters. The standard InChI is InChI=1S/C25H29NO8S/c1-31-22-15-18(16-23(32-2)25(22)33-3)7-12-24(28)34-17-21(27)19-8-10-20(11-9-19)35(29,30)26-13-5-4-6-14-26/h7-12,15-16H,4-6,13-14,17H2,1-3H3. The van der Waals surface area contributed by atoms with Crippen LogP contribution in [0.5, 0.6) is 17.2 Å². The van der Waals surface area contributed by atoms with Crippen molar-refractivity contribution in [3.05, 3.63) is 53.6 Å². The van der Waals surface area contributed by atoms with Gasteiger partial charge >= 0.3 is 5.97 Å². The second-order valence-electron chi connectivity index (χ2n) is 7.81. The summed E-state index contributed by atoms with van der Waals surface area (Å²) in [5.41, 5.74) is 0.859. The van der Waals surface area contributed by atoms with Crippen LogP contribution in [-0.2, 0) is 19.6 Å². The fourth-order valence-electron chi connectivity index (χ4n) is 3.70. The van der Waals surface area contributed by atoms with Crippen molar-refractivity contribution in [3.8, 4) is 17.2 Å². The van der Waals surface area contributed by atoms with Crippen molar-refractivity contribution in [2.45, 2.75) is 24.2 Å². The van der Waals surface area contributed by atoms with Gasteiger partial charge in [0, 0.05) is 24.7 Å². The summed E-state index contributed by atoms with van der Waals surface area (Å²) in [7, 11) is 0.888. The molecule has 3 rings (SSSR count). The first-order valence-corrected chi connectivity index (χ1v) is 12.5. The largest absolute Gasteiger partial charge is 0.493 e. The Labute approximate surface area is 205 Å². The van der Waals surface area contributed by atoms with Crippen LogP contribution in [0, 0.1) is 0 Å². The van der Waals surface area contributed by atoms with Crippen molar-refractivity contribution in [3.63, 3.8) is 0 Å². The van der Waals surface area contributed by atoms with Gasteiger partial charge in [-0.25, -0.2) is 13.2 Å². The summed E-state index contributed by atoms with van der Waals surface area (Å²) in [6, 6.07) is 9.00. The van der Waals surface area contributed by atoms with E-state index in [9.17, 15) is 18.0 Å². The van der Waals surface area contributed by atoms with Crippen molar-refractivity contribution >= 4 is 27.9 Å². The summed E-state index contributed by atoms with van der Waals surface area (Å²) in [4.78, 5) is 24.7. The van der Waals surface area contributed by atoms with Crippen LogP contribution in [0.1, 0.15) is 35.2 Å². The molecule has 0 aromatic heterocycles. The highest BCUT2D eigenvalue weighted by Crippen LogP contribution is 2.38. The summed E-state index contributed by atoms with van der Waals surface area (Å²) in [5, 5.41) is 0. The molecular weight excluding hydrogens is 474 g/mol. The lowest BCUT2D eigenvalue weighted by Crippen LogP contribution is -2.35. The number of Topliss-reactive ketones (excluding diaryl/α,β-unsaturated/α-hetero) is 1. The number of methoxy groups -OCH3 is 3. The summed E-state index contributed by atoms with van der Waals surface area (Å²) in [5.74, 6) is 0.134. The highest BCUT2D eigenvalue weighted by Gasteiger charge is 2.26. The van der Waals surface area contributed by atoms with E-state index in [0.717, 1.165) is 19.3 Å². The van der Waals surface area contributed by atoms with Gasteiger partial charge in [0.2, 0.25) is 15.8 Å². The Balaban J connectivity index is 1.59. The lowest BCUT2D eigenvalue weighted by molar-refractivity contribution is -0.136. The van der Waals surface area contributed by atoms with Crippen molar-refractivity contribution in [1.29, 1.82) is 0 Å². The van der Waals surface area contributed by atoms with E-state index in [2.05, 4.69) is 0 Å². The maximum absolute atomic E-state index is 12.7. The first kappa shape index (κ1) is 26.2. The molecule has 1 heterocycles. The zero-order valence-corrected chi connectivity index (χ0v) is 20.8. The number of rotatable bonds is 10. The smallest absolute Gasteiger partial charge is 0.331 e. The maximum Gasteiger partial charge on any atom is 0.331 e. The number of ether oxygens (including phenoxy) is 4. The maximum atomic E-state index is 12.7. The van der Waals surface area contributed by atoms with E-state index in [0.29, 0.717) is 35.9 Å². The molecule has 0 radical (unpaired) electrons. The van der Waals surface area contributed by atoms with Crippen molar-refractivity contribution < 1.29 is 37.0 Å². The molecule has 0 saturated carbocycles. The Morgan fingerprint density at radius 3 is 2.06 bits per heavy atom. The third kappa shape index (κ3) is 6.40. The van der Waals surface area contributed by atoms with Gasteiger partial charge in [0.05, 0.1) is 26.2 Å². The van der Waals surface area contributed by atoms with Crippen molar-refractivity contribution in [2.75, 3.05) is 41.0 Å². The number of carbonyl (C=O) groups excluding carboxylic acids is 2. The van der Waals surface area contributed by atoms with Gasteiger partial charge in [-0.1, -0.05) is 6.42 Å². The number of ketones is 1. The summed E-state index contributed by atoms with van der Waals surface area (Å²) in [6.07, 6.45) is 5.39. The molecule has 2 aromatic carbocycles. The molecule has 10 heteroatoms. The zero-order chi connectivity index (χ0) is 25.4. The predicted octanol–water partition coefficient (Wildman–Crippen LogP) is 3.33. The fraction of sp³-hybridized carbons (Fsp3) is 0.360. The number of hydrogen-bond donors (Lipinski definition) is 0. The van der Waals surface area contributed by atoms with Crippen LogP contribution in [0.2, 0.25) is 0 Å². The fourth-order valence-corrected chi connectivity index (χ4v) is 5.21. The minimum atomic E-state index is -3.58. The van der Waals surface area contributed by atoms with Crippen molar-refractivity contribution in [1.82, 2.24) is 4.31 Å². The number of carbonyl (C=O) groups is 2. The molecule has 1 aliphatic rings. The summed E-state index contributed by atoms with van der Waals surface area (Å²) in [6.45, 7) is 0.530. The van der Waals surface area contributed by atoms with Gasteiger partial charge < -0.3 is 18.9 Å². The molecule has 188 valence electrons. The average Bonchev–Trinajstić information content (AvgIpc) is 2.90. The van der Waals surface area contributed by atoms with Crippen LogP contribution in [-0.4, -0.2) is 65.5 Å². The number of esters is 1. The molecule has 0 spiro atoms. The molecule has 35 heavy (non-hydrogen) atoms. The highest BCUT2D eigenvalue weighted by atomic mass is 32.2. The molecule has 0 aliphatic carbocycles. The first-order chi connectivity index (χ1) is 16.8. The molecule has 9 nitrogen and oxygen atoms in total. The van der Waals surface area contributed by atoms with Crippen LogP contribution >= 0.6 is 0 Å². The molecule has 0 bridgehead atoms. The molecule has 0 unspecified atom stereocenters. The highest BCUT2D eigenvalue weighted by molar-refractivity contribution is 7.89. The number of sulfonamides is 1. The van der Waals surface area contributed by atoms with E-state index >= 15 is 0 Å². The minimum absolute atomic E-state index is 0.140. The van der Waals surface area contributed by atoms with E-state index in [1.165, 1.54) is 62.1 Å². The zero-order valence-electron chi connectivity index (χ0n) is 20.0. The van der Waals surface area contributed by atoms with Crippen LogP contribution in [0.4, 0.5) is 0 Å². The monoisotopic (exact) mass is 503 g/mol. The summed E-state index contributed by atoms with van der Waals surface area (Å²) < 4.78 is 47.8. The van der Waals surface area contributed by atoms with E-state index in [1.54, 1.807) is 12.1 Å². The van der Waals surface area contributed by atoms with Gasteiger partial charge in [-0.2, -0.15) is 4.31 Å². The topological polar surface area (TPSA) is 108 Å². The van der Waals surface area contributed by atoms with Gasteiger partial charge in [-0.3, -0.25) is 4.79 Å². The molecule has 1 aliphatic heterocycles. The Bertz CT molecular complexity index is 1160. The van der Waals surface area contributed by atoms with Gasteiger partial charge in [0.25, 0.3) is 0 Å². The molecule has 0 amide bonds. The Kier molecular flexibility index (Phi) is 8.89. The summed E-state index contributed by atoms with van der Waals surface area (Å²) >= 11 is 0. The Morgan fingerprint density at radius 1 is 0.914 bits per heavy atom. The van der Waals surface area contributed by atoms with Gasteiger partial charge in [-0.15, -0.1) is 0 Å². The number of nitrogens with zero attached hydrogens (tertiary/aromatic N) is 1. The quantitative estimate of drug-likeness (QED) is 0.276. The average molecular weight is 504 g/mol. The minimum Gasteiger partial charge on any atom is -0.493 e. The second kappa shape index (κ2) is 11.9. The predicted molar refractivity (Wildman–Crippen MR) is 129 cm³/mol.